The number of nitrogens with zero attached hydrogens (tertiary/aromatic N) is 1. The Morgan fingerprint density at radius 2 is 1.96 bits per heavy atom. The summed E-state index contributed by atoms with van der Waals surface area (Å²) < 4.78 is 5.95. The van der Waals surface area contributed by atoms with E-state index >= 15 is 0 Å². The maximum Gasteiger partial charge on any atom is 0.317 e. The minimum absolute atomic E-state index is 0.0717. The molecule has 1 spiro atoms. The van der Waals surface area contributed by atoms with Crippen LogP contribution in [0, 0.1) is 17.3 Å². The SMILES string of the molecule is O=C(O)C1CCCN(C(=O)NC2C3CCOC3C23CCCC3)C1. The van der Waals surface area contributed by atoms with Crippen molar-refractivity contribution in [3.05, 3.63) is 0 Å². The molecule has 4 atom stereocenters. The van der Waals surface area contributed by atoms with E-state index < -0.39 is 11.9 Å². The summed E-state index contributed by atoms with van der Waals surface area (Å²) in [5.74, 6) is -0.751. The predicted octanol–water partition coefficient (Wildman–Crippen LogP) is 1.84. The number of carboxylic acid groups (broad SMARTS) is 1. The number of amides is 2. The van der Waals surface area contributed by atoms with E-state index in [-0.39, 0.29) is 17.5 Å². The summed E-state index contributed by atoms with van der Waals surface area (Å²) in [6, 6.07) is 0.146. The molecular weight excluding hydrogens is 296 g/mol. The van der Waals surface area contributed by atoms with Gasteiger partial charge in [0.25, 0.3) is 0 Å². The van der Waals surface area contributed by atoms with E-state index in [9.17, 15) is 14.7 Å². The van der Waals surface area contributed by atoms with E-state index in [0.717, 1.165) is 32.3 Å². The monoisotopic (exact) mass is 322 g/mol. The number of rotatable bonds is 2. The number of hydrogen-bond donors (Lipinski definition) is 2. The third-order valence-electron chi connectivity index (χ3n) is 6.62. The molecule has 2 aliphatic carbocycles. The first-order valence-corrected chi connectivity index (χ1v) is 9.02. The molecule has 6 nitrogen and oxygen atoms in total. The number of carboxylic acids is 1. The van der Waals surface area contributed by atoms with Gasteiger partial charge in [0.1, 0.15) is 0 Å². The Kier molecular flexibility index (Phi) is 3.75. The maximum atomic E-state index is 12.7. The summed E-state index contributed by atoms with van der Waals surface area (Å²) >= 11 is 0. The topological polar surface area (TPSA) is 78.9 Å². The van der Waals surface area contributed by atoms with Gasteiger partial charge in [-0.3, -0.25) is 4.79 Å². The summed E-state index contributed by atoms with van der Waals surface area (Å²) in [5, 5.41) is 12.5. The summed E-state index contributed by atoms with van der Waals surface area (Å²) in [7, 11) is 0. The number of nitrogens with one attached hydrogen (secondary N) is 1. The highest BCUT2D eigenvalue weighted by atomic mass is 16.5. The smallest absolute Gasteiger partial charge is 0.317 e. The first kappa shape index (κ1) is 15.2. The Labute approximate surface area is 136 Å². The Morgan fingerprint density at radius 3 is 2.70 bits per heavy atom. The molecule has 0 radical (unpaired) electrons. The fraction of sp³-hybridized carbons (Fsp3) is 0.882. The van der Waals surface area contributed by atoms with Crippen LogP contribution in [-0.4, -0.2) is 53.8 Å². The highest BCUT2D eigenvalue weighted by Gasteiger charge is 2.65. The Bertz CT molecular complexity index is 503. The molecule has 4 unspecified atom stereocenters. The van der Waals surface area contributed by atoms with Crippen LogP contribution in [0.1, 0.15) is 44.9 Å². The third-order valence-corrected chi connectivity index (χ3v) is 6.62. The van der Waals surface area contributed by atoms with Gasteiger partial charge < -0.3 is 20.1 Å². The van der Waals surface area contributed by atoms with Gasteiger partial charge in [-0.25, -0.2) is 4.79 Å². The third kappa shape index (κ3) is 2.33. The van der Waals surface area contributed by atoms with Crippen LogP contribution in [0.5, 0.6) is 0 Å². The molecule has 2 N–H and O–H groups in total. The predicted molar refractivity (Wildman–Crippen MR) is 83.0 cm³/mol. The van der Waals surface area contributed by atoms with Gasteiger partial charge in [-0.2, -0.15) is 0 Å². The lowest BCUT2D eigenvalue weighted by molar-refractivity contribution is -0.143. The highest BCUT2D eigenvalue weighted by molar-refractivity contribution is 5.77. The van der Waals surface area contributed by atoms with Gasteiger partial charge in [-0.05, 0) is 32.1 Å². The van der Waals surface area contributed by atoms with Crippen LogP contribution in [0.15, 0.2) is 0 Å². The summed E-state index contributed by atoms with van der Waals surface area (Å²) in [5.41, 5.74) is 0.152. The lowest BCUT2D eigenvalue weighted by Gasteiger charge is -2.57. The van der Waals surface area contributed by atoms with Crippen molar-refractivity contribution < 1.29 is 19.4 Å². The maximum absolute atomic E-state index is 12.7. The van der Waals surface area contributed by atoms with Crippen molar-refractivity contribution in [1.82, 2.24) is 10.2 Å². The van der Waals surface area contributed by atoms with Crippen molar-refractivity contribution in [1.29, 1.82) is 0 Å². The first-order valence-electron chi connectivity index (χ1n) is 9.02. The van der Waals surface area contributed by atoms with Crippen LogP contribution >= 0.6 is 0 Å². The normalized spacial score (nSPS) is 38.2. The Morgan fingerprint density at radius 1 is 1.17 bits per heavy atom. The number of fused-ring (bicyclic) bond motifs is 2. The van der Waals surface area contributed by atoms with Gasteiger partial charge in [0.15, 0.2) is 0 Å². The van der Waals surface area contributed by atoms with Gasteiger partial charge in [-0.1, -0.05) is 12.8 Å². The van der Waals surface area contributed by atoms with Crippen molar-refractivity contribution in [2.75, 3.05) is 19.7 Å². The van der Waals surface area contributed by atoms with E-state index in [1.807, 2.05) is 0 Å². The second-order valence-corrected chi connectivity index (χ2v) is 7.73. The second-order valence-electron chi connectivity index (χ2n) is 7.73. The van der Waals surface area contributed by atoms with E-state index in [1.54, 1.807) is 4.90 Å². The van der Waals surface area contributed by atoms with Crippen LogP contribution < -0.4 is 5.32 Å². The van der Waals surface area contributed by atoms with Crippen molar-refractivity contribution >= 4 is 12.0 Å². The summed E-state index contributed by atoms with van der Waals surface area (Å²) in [4.78, 5) is 25.6. The molecule has 23 heavy (non-hydrogen) atoms. The fourth-order valence-electron chi connectivity index (χ4n) is 5.49. The average molecular weight is 322 g/mol. The molecule has 4 fully saturated rings. The lowest BCUT2D eigenvalue weighted by Crippen LogP contribution is -2.69. The van der Waals surface area contributed by atoms with Crippen LogP contribution in [0.4, 0.5) is 4.79 Å². The largest absolute Gasteiger partial charge is 0.481 e. The van der Waals surface area contributed by atoms with Gasteiger partial charge in [0.2, 0.25) is 0 Å². The van der Waals surface area contributed by atoms with Crippen molar-refractivity contribution in [3.63, 3.8) is 0 Å². The highest BCUT2D eigenvalue weighted by Crippen LogP contribution is 2.60. The average Bonchev–Trinajstić information content (AvgIpc) is 3.21. The molecule has 2 heterocycles. The van der Waals surface area contributed by atoms with Crippen LogP contribution in [0.3, 0.4) is 0 Å². The molecule has 2 saturated heterocycles. The van der Waals surface area contributed by atoms with Gasteiger partial charge in [-0.15, -0.1) is 0 Å². The van der Waals surface area contributed by atoms with E-state index in [4.69, 9.17) is 4.74 Å². The molecule has 2 aliphatic heterocycles. The molecule has 0 aromatic rings. The molecule has 0 aromatic carbocycles. The molecule has 2 amide bonds. The van der Waals surface area contributed by atoms with Crippen molar-refractivity contribution in [2.24, 2.45) is 17.3 Å². The van der Waals surface area contributed by atoms with E-state index in [1.165, 1.54) is 12.8 Å². The van der Waals surface area contributed by atoms with Crippen LogP contribution in [0.2, 0.25) is 0 Å². The molecule has 6 heteroatoms. The minimum atomic E-state index is -0.789. The fourth-order valence-corrected chi connectivity index (χ4v) is 5.49. The number of likely N-dealkylation sites (tertiary alicyclic amines) is 1. The zero-order chi connectivity index (χ0) is 16.0. The Hall–Kier alpha value is -1.30. The number of urea groups is 1. The number of ether oxygens (including phenoxy) is 1. The number of carbonyl (C=O) groups is 2. The molecule has 2 saturated carbocycles. The molecular formula is C17H26N2O4. The van der Waals surface area contributed by atoms with E-state index in [0.29, 0.717) is 31.5 Å². The van der Waals surface area contributed by atoms with Crippen molar-refractivity contribution in [3.8, 4) is 0 Å². The zero-order valence-corrected chi connectivity index (χ0v) is 13.5. The zero-order valence-electron chi connectivity index (χ0n) is 13.5. The van der Waals surface area contributed by atoms with E-state index in [2.05, 4.69) is 5.32 Å². The summed E-state index contributed by atoms with van der Waals surface area (Å²) in [6.07, 6.45) is 7.57. The summed E-state index contributed by atoms with van der Waals surface area (Å²) in [6.45, 7) is 1.82. The quantitative estimate of drug-likeness (QED) is 0.813. The number of hydrogen-bond acceptors (Lipinski definition) is 3. The first-order chi connectivity index (χ1) is 11.1. The lowest BCUT2D eigenvalue weighted by atomic mass is 9.54. The molecule has 0 aromatic heterocycles. The van der Waals surface area contributed by atoms with Gasteiger partial charge >= 0.3 is 12.0 Å². The number of aliphatic carboxylic acids is 1. The molecule has 4 aliphatic rings. The van der Waals surface area contributed by atoms with Crippen LogP contribution in [0.25, 0.3) is 0 Å². The standard InChI is InChI=1S/C17H26N2O4/c20-15(21)11-4-3-8-19(10-11)16(22)18-13-12-5-9-23-14(12)17(13)6-1-2-7-17/h11-14H,1-10H2,(H,18,22)(H,20,21). The molecule has 0 bridgehead atoms. The molecule has 4 rings (SSSR count). The second kappa shape index (κ2) is 5.65. The van der Waals surface area contributed by atoms with Crippen LogP contribution in [-0.2, 0) is 9.53 Å². The number of carbonyl (C=O) groups excluding carboxylic acids is 1. The molecule has 128 valence electrons. The van der Waals surface area contributed by atoms with Gasteiger partial charge in [0, 0.05) is 37.1 Å². The van der Waals surface area contributed by atoms with Gasteiger partial charge in [0.05, 0.1) is 12.0 Å². The number of piperidine rings is 1. The minimum Gasteiger partial charge on any atom is -0.481 e. The Balaban J connectivity index is 1.43. The van der Waals surface area contributed by atoms with Crippen molar-refractivity contribution in [2.45, 2.75) is 57.1 Å².